The highest BCUT2D eigenvalue weighted by atomic mass is 35.5. The van der Waals surface area contributed by atoms with Crippen molar-refractivity contribution in [1.29, 1.82) is 0 Å². The van der Waals surface area contributed by atoms with Crippen molar-refractivity contribution >= 4 is 23.4 Å². The summed E-state index contributed by atoms with van der Waals surface area (Å²) in [4.78, 5) is 26.5. The Morgan fingerprint density at radius 1 is 1.11 bits per heavy atom. The minimum atomic E-state index is -4.49. The lowest BCUT2D eigenvalue weighted by Crippen LogP contribution is -2.53. The van der Waals surface area contributed by atoms with Crippen LogP contribution in [0, 0.1) is 0 Å². The predicted molar refractivity (Wildman–Crippen MR) is 136 cm³/mol. The summed E-state index contributed by atoms with van der Waals surface area (Å²) in [5.74, 6) is 0.214. The van der Waals surface area contributed by atoms with Crippen LogP contribution in [0.1, 0.15) is 23.6 Å². The number of nitrogens with zero attached hydrogens (tertiary/aromatic N) is 3. The molecule has 2 aromatic rings. The van der Waals surface area contributed by atoms with E-state index in [9.17, 15) is 18.0 Å². The molecule has 1 saturated heterocycles. The average Bonchev–Trinajstić information content (AvgIpc) is 3.33. The number of hydrogen-bond acceptors (Lipinski definition) is 8. The molecule has 12 heteroatoms. The Labute approximate surface area is 224 Å². The lowest BCUT2D eigenvalue weighted by atomic mass is 10.1. The van der Waals surface area contributed by atoms with Crippen molar-refractivity contribution in [1.82, 2.24) is 15.3 Å². The lowest BCUT2D eigenvalue weighted by Gasteiger charge is -2.37. The fourth-order valence-corrected chi connectivity index (χ4v) is 4.47. The summed E-state index contributed by atoms with van der Waals surface area (Å²) in [6.07, 6.45) is -4.49. The van der Waals surface area contributed by atoms with Gasteiger partial charge in [-0.25, -0.2) is 15.3 Å². The van der Waals surface area contributed by atoms with Gasteiger partial charge in [0.1, 0.15) is 12.4 Å². The summed E-state index contributed by atoms with van der Waals surface area (Å²) in [6, 6.07) is 12.2. The molecule has 0 aromatic heterocycles. The van der Waals surface area contributed by atoms with Crippen LogP contribution in [-0.2, 0) is 27.2 Å². The number of alkyl halides is 4. The molecule has 0 aliphatic carbocycles. The van der Waals surface area contributed by atoms with Crippen LogP contribution >= 0.6 is 11.6 Å². The van der Waals surface area contributed by atoms with Crippen LogP contribution in [0.15, 0.2) is 53.5 Å². The maximum absolute atomic E-state index is 13.2. The fraction of sp³-hybridized carbons (Fsp3) is 0.462. The Morgan fingerprint density at radius 3 is 2.45 bits per heavy atom. The number of nitrogens with one attached hydrogen (secondary N) is 1. The molecule has 206 valence electrons. The van der Waals surface area contributed by atoms with Gasteiger partial charge >= 0.3 is 12.1 Å². The number of ether oxygens (including phenoxy) is 2. The number of esters is 1. The van der Waals surface area contributed by atoms with E-state index in [0.29, 0.717) is 24.6 Å². The van der Waals surface area contributed by atoms with E-state index in [2.05, 4.69) is 15.3 Å². The number of hydrogen-bond donors (Lipinski definition) is 1. The predicted octanol–water partition coefficient (Wildman–Crippen LogP) is 3.68. The number of hydroxylamine groups is 1. The second-order valence-electron chi connectivity index (χ2n) is 9.08. The molecule has 1 fully saturated rings. The summed E-state index contributed by atoms with van der Waals surface area (Å²) in [5, 5.41) is 0. The largest absolute Gasteiger partial charge is 0.488 e. The number of piperazine rings is 1. The molecule has 4 rings (SSSR count). The number of aliphatic imine (C=N–C) groups is 1. The molecule has 2 aliphatic heterocycles. The van der Waals surface area contributed by atoms with Crippen molar-refractivity contribution in [2.75, 3.05) is 51.8 Å². The lowest BCUT2D eigenvalue weighted by molar-refractivity contribution is -0.145. The van der Waals surface area contributed by atoms with Crippen LogP contribution in [-0.4, -0.2) is 79.1 Å². The molecule has 8 nitrogen and oxygen atoms in total. The Balaban J connectivity index is 1.33. The first-order valence-electron chi connectivity index (χ1n) is 12.3. The van der Waals surface area contributed by atoms with E-state index in [1.54, 1.807) is 31.2 Å². The van der Waals surface area contributed by atoms with Gasteiger partial charge in [-0.1, -0.05) is 36.4 Å². The second-order valence-corrected chi connectivity index (χ2v) is 9.35. The zero-order chi connectivity index (χ0) is 27.2. The third kappa shape index (κ3) is 7.16. The van der Waals surface area contributed by atoms with Crippen LogP contribution in [0.25, 0.3) is 0 Å². The Hall–Kier alpha value is -2.86. The first-order valence-corrected chi connectivity index (χ1v) is 12.8. The molecule has 0 radical (unpaired) electrons. The minimum absolute atomic E-state index is 0.0163. The monoisotopic (exact) mass is 554 g/mol. The van der Waals surface area contributed by atoms with E-state index in [0.717, 1.165) is 37.8 Å². The van der Waals surface area contributed by atoms with Gasteiger partial charge in [-0.05, 0) is 24.6 Å². The highest BCUT2D eigenvalue weighted by Crippen LogP contribution is 2.36. The smallest absolute Gasteiger partial charge is 0.419 e. The minimum Gasteiger partial charge on any atom is -0.488 e. The van der Waals surface area contributed by atoms with Gasteiger partial charge in [-0.3, -0.25) is 14.6 Å². The number of carbonyl (C=O) groups excluding carboxylic acids is 1. The molecule has 1 unspecified atom stereocenters. The molecule has 1 atom stereocenters. The van der Waals surface area contributed by atoms with Gasteiger partial charge in [0.25, 0.3) is 0 Å². The number of amidine groups is 1. The SMILES string of the molecule is CCOC(=O)CN1CCN(CC2(CCl)N=C(c3ccc(COc4ccccc4C(F)(F)F)cc3)NO2)CC1. The van der Waals surface area contributed by atoms with Gasteiger partial charge in [-0.15, -0.1) is 11.6 Å². The number of para-hydroxylation sites is 1. The average molecular weight is 555 g/mol. The molecule has 0 bridgehead atoms. The Morgan fingerprint density at radius 2 is 1.79 bits per heavy atom. The second kappa shape index (κ2) is 12.3. The number of halogens is 4. The third-order valence-corrected chi connectivity index (χ3v) is 6.69. The summed E-state index contributed by atoms with van der Waals surface area (Å²) < 4.78 is 50.0. The highest BCUT2D eigenvalue weighted by Gasteiger charge is 2.39. The van der Waals surface area contributed by atoms with Crippen LogP contribution in [0.5, 0.6) is 5.75 Å². The van der Waals surface area contributed by atoms with Crippen LogP contribution < -0.4 is 10.2 Å². The van der Waals surface area contributed by atoms with Crippen LogP contribution in [0.3, 0.4) is 0 Å². The van der Waals surface area contributed by atoms with Gasteiger partial charge in [0.2, 0.25) is 5.72 Å². The van der Waals surface area contributed by atoms with Gasteiger partial charge < -0.3 is 9.47 Å². The summed E-state index contributed by atoms with van der Waals surface area (Å²) in [5.41, 5.74) is 2.54. The number of rotatable bonds is 10. The van der Waals surface area contributed by atoms with E-state index in [4.69, 9.17) is 30.9 Å². The molecule has 38 heavy (non-hydrogen) atoms. The quantitative estimate of drug-likeness (QED) is 0.355. The molecular weight excluding hydrogens is 525 g/mol. The zero-order valence-corrected chi connectivity index (χ0v) is 21.7. The van der Waals surface area contributed by atoms with Gasteiger partial charge in [0.05, 0.1) is 31.1 Å². The first kappa shape index (κ1) is 28.2. The van der Waals surface area contributed by atoms with Crippen LogP contribution in [0.4, 0.5) is 13.2 Å². The van der Waals surface area contributed by atoms with E-state index < -0.39 is 17.5 Å². The van der Waals surface area contributed by atoms with Gasteiger partial charge in [-0.2, -0.15) is 13.2 Å². The van der Waals surface area contributed by atoms with Crippen LogP contribution in [0.2, 0.25) is 0 Å². The molecule has 0 amide bonds. The van der Waals surface area contributed by atoms with Crippen molar-refractivity contribution < 1.29 is 32.3 Å². The third-order valence-electron chi connectivity index (χ3n) is 6.27. The van der Waals surface area contributed by atoms with E-state index in [-0.39, 0.29) is 30.8 Å². The molecule has 1 N–H and O–H groups in total. The van der Waals surface area contributed by atoms with Crippen molar-refractivity contribution in [2.45, 2.75) is 25.4 Å². The fourth-order valence-electron chi connectivity index (χ4n) is 4.27. The highest BCUT2D eigenvalue weighted by molar-refractivity contribution is 6.18. The van der Waals surface area contributed by atoms with Crippen molar-refractivity contribution in [3.8, 4) is 5.75 Å². The Kier molecular flexibility index (Phi) is 9.14. The molecule has 0 saturated carbocycles. The van der Waals surface area contributed by atoms with Crippen molar-refractivity contribution in [3.63, 3.8) is 0 Å². The molecular formula is C26H30ClF3N4O4. The standard InChI is InChI=1S/C26H30ClF3N4O4/c1-2-36-23(35)15-33-11-13-34(14-12-33)18-25(17-27)31-24(32-38-25)20-9-7-19(8-10-20)16-37-22-6-4-3-5-21(22)26(28,29)30/h3-10H,2,11-18H2,1H3,(H,31,32). The van der Waals surface area contributed by atoms with Gasteiger partial charge in [0.15, 0.2) is 5.84 Å². The van der Waals surface area contributed by atoms with Gasteiger partial charge in [0, 0.05) is 31.7 Å². The Bertz CT molecular complexity index is 1120. The van der Waals surface area contributed by atoms with E-state index in [1.807, 2.05) is 0 Å². The maximum Gasteiger partial charge on any atom is 0.419 e. The van der Waals surface area contributed by atoms with E-state index in [1.165, 1.54) is 18.2 Å². The summed E-state index contributed by atoms with van der Waals surface area (Å²) in [7, 11) is 0. The molecule has 2 heterocycles. The maximum atomic E-state index is 13.2. The normalized spacial score (nSPS) is 20.6. The number of benzene rings is 2. The molecule has 2 aromatic carbocycles. The van der Waals surface area contributed by atoms with E-state index >= 15 is 0 Å². The summed E-state index contributed by atoms with van der Waals surface area (Å²) >= 11 is 6.27. The van der Waals surface area contributed by atoms with Crippen molar-refractivity contribution in [3.05, 3.63) is 65.2 Å². The topological polar surface area (TPSA) is 75.6 Å². The zero-order valence-electron chi connectivity index (χ0n) is 21.0. The first-order chi connectivity index (χ1) is 18.2. The van der Waals surface area contributed by atoms with Crippen molar-refractivity contribution in [2.24, 2.45) is 4.99 Å². The molecule has 2 aliphatic rings. The molecule has 0 spiro atoms. The summed E-state index contributed by atoms with van der Waals surface area (Å²) in [6.45, 7) is 5.81. The number of carbonyl (C=O) groups is 1.